The summed E-state index contributed by atoms with van der Waals surface area (Å²) in [7, 11) is 0. The Morgan fingerprint density at radius 2 is 1.96 bits per heavy atom. The van der Waals surface area contributed by atoms with Gasteiger partial charge < -0.3 is 4.90 Å². The van der Waals surface area contributed by atoms with Crippen molar-refractivity contribution in [2.45, 2.75) is 38.0 Å². The van der Waals surface area contributed by atoms with Gasteiger partial charge in [0.2, 0.25) is 5.91 Å². The number of amides is 1. The van der Waals surface area contributed by atoms with Crippen LogP contribution in [0.5, 0.6) is 0 Å². The molecule has 5 rings (SSSR count). The molecule has 1 atom stereocenters. The number of nitrogens with one attached hydrogen (secondary N) is 1. The van der Waals surface area contributed by atoms with E-state index in [2.05, 4.69) is 63.6 Å². The first-order valence-corrected chi connectivity index (χ1v) is 10.3. The summed E-state index contributed by atoms with van der Waals surface area (Å²) in [4.78, 5) is 14.9. The number of likely N-dealkylation sites (tertiary alicyclic amines) is 1. The van der Waals surface area contributed by atoms with E-state index in [0.29, 0.717) is 5.92 Å². The van der Waals surface area contributed by atoms with Crippen molar-refractivity contribution >= 4 is 16.7 Å². The molecule has 2 aliphatic rings. The molecule has 1 aromatic heterocycles. The number of rotatable bonds is 3. The molecule has 0 spiro atoms. The van der Waals surface area contributed by atoms with Crippen molar-refractivity contribution in [3.8, 4) is 11.1 Å². The fourth-order valence-corrected chi connectivity index (χ4v) is 4.75. The number of carbonyl (C=O) groups excluding carboxylic acids is 1. The van der Waals surface area contributed by atoms with E-state index >= 15 is 0 Å². The third-order valence-electron chi connectivity index (χ3n) is 6.18. The predicted molar refractivity (Wildman–Crippen MR) is 112 cm³/mol. The van der Waals surface area contributed by atoms with Crippen molar-refractivity contribution < 1.29 is 4.79 Å². The van der Waals surface area contributed by atoms with Crippen LogP contribution in [0.15, 0.2) is 60.3 Å². The fourth-order valence-electron chi connectivity index (χ4n) is 4.75. The van der Waals surface area contributed by atoms with E-state index in [-0.39, 0.29) is 5.91 Å². The van der Waals surface area contributed by atoms with Crippen molar-refractivity contribution in [1.82, 2.24) is 15.1 Å². The average Bonchev–Trinajstić information content (AvgIpc) is 3.45. The third-order valence-corrected chi connectivity index (χ3v) is 6.18. The number of allylic oxidation sites excluding steroid dienone is 1. The molecule has 0 bridgehead atoms. The maximum atomic E-state index is 12.9. The molecule has 3 aromatic rings. The first-order chi connectivity index (χ1) is 13.8. The van der Waals surface area contributed by atoms with Crippen molar-refractivity contribution in [3.63, 3.8) is 0 Å². The molecule has 1 saturated heterocycles. The highest BCUT2D eigenvalue weighted by Crippen LogP contribution is 2.36. The van der Waals surface area contributed by atoms with Crippen molar-refractivity contribution in [2.75, 3.05) is 13.1 Å². The van der Waals surface area contributed by atoms with Crippen LogP contribution in [0.3, 0.4) is 0 Å². The Morgan fingerprint density at radius 1 is 1.07 bits per heavy atom. The summed E-state index contributed by atoms with van der Waals surface area (Å²) in [5.41, 5.74) is 4.55. The second-order valence-corrected chi connectivity index (χ2v) is 7.94. The monoisotopic (exact) mass is 371 g/mol. The molecule has 1 aliphatic carbocycles. The Balaban J connectivity index is 1.46. The van der Waals surface area contributed by atoms with Crippen molar-refractivity contribution in [2.24, 2.45) is 0 Å². The smallest absolute Gasteiger partial charge is 0.249 e. The topological polar surface area (TPSA) is 49.0 Å². The Hall–Kier alpha value is -2.88. The number of carbonyl (C=O) groups is 1. The first kappa shape index (κ1) is 17.2. The molecular weight excluding hydrogens is 346 g/mol. The molecule has 4 nitrogen and oxygen atoms in total. The maximum Gasteiger partial charge on any atom is 0.249 e. The van der Waals surface area contributed by atoms with Crippen LogP contribution in [0.25, 0.3) is 21.9 Å². The highest BCUT2D eigenvalue weighted by Gasteiger charge is 2.29. The molecule has 0 unspecified atom stereocenters. The van der Waals surface area contributed by atoms with Crippen LogP contribution in [-0.4, -0.2) is 34.1 Å². The van der Waals surface area contributed by atoms with Gasteiger partial charge in [0.15, 0.2) is 0 Å². The van der Waals surface area contributed by atoms with E-state index in [0.717, 1.165) is 62.0 Å². The van der Waals surface area contributed by atoms with Crippen molar-refractivity contribution in [1.29, 1.82) is 0 Å². The predicted octanol–water partition coefficient (Wildman–Crippen LogP) is 5.05. The van der Waals surface area contributed by atoms with Gasteiger partial charge in [-0.05, 0) is 48.4 Å². The van der Waals surface area contributed by atoms with Crippen LogP contribution in [-0.2, 0) is 4.79 Å². The van der Waals surface area contributed by atoms with Gasteiger partial charge in [0.05, 0.1) is 6.20 Å². The molecule has 2 heterocycles. The largest absolute Gasteiger partial charge is 0.338 e. The first-order valence-electron chi connectivity index (χ1n) is 10.3. The van der Waals surface area contributed by atoms with Gasteiger partial charge in [0.25, 0.3) is 0 Å². The highest BCUT2D eigenvalue weighted by molar-refractivity contribution is 5.97. The SMILES string of the molecule is O=C(C1=CCCC1)N1CCC[C@H](c2[nH]ncc2-c2cccc3ccccc23)C1. The summed E-state index contributed by atoms with van der Waals surface area (Å²) < 4.78 is 0. The van der Waals surface area contributed by atoms with Crippen LogP contribution >= 0.6 is 0 Å². The van der Waals surface area contributed by atoms with E-state index in [1.807, 2.05) is 6.20 Å². The lowest BCUT2D eigenvalue weighted by Gasteiger charge is -2.33. The van der Waals surface area contributed by atoms with Crippen LogP contribution in [0.2, 0.25) is 0 Å². The quantitative estimate of drug-likeness (QED) is 0.701. The van der Waals surface area contributed by atoms with Gasteiger partial charge in [-0.3, -0.25) is 9.89 Å². The average molecular weight is 371 g/mol. The van der Waals surface area contributed by atoms with Gasteiger partial charge in [-0.2, -0.15) is 5.10 Å². The van der Waals surface area contributed by atoms with Crippen LogP contribution in [0.1, 0.15) is 43.7 Å². The lowest BCUT2D eigenvalue weighted by molar-refractivity contribution is -0.128. The summed E-state index contributed by atoms with van der Waals surface area (Å²) in [5, 5.41) is 10.1. The number of H-pyrrole nitrogens is 1. The summed E-state index contributed by atoms with van der Waals surface area (Å²) in [6.07, 6.45) is 9.29. The number of aromatic amines is 1. The highest BCUT2D eigenvalue weighted by atomic mass is 16.2. The number of benzene rings is 2. The van der Waals surface area contributed by atoms with Gasteiger partial charge in [-0.15, -0.1) is 0 Å². The van der Waals surface area contributed by atoms with Gasteiger partial charge in [-0.25, -0.2) is 0 Å². The lowest BCUT2D eigenvalue weighted by atomic mass is 9.89. The summed E-state index contributed by atoms with van der Waals surface area (Å²) in [6, 6.07) is 14.9. The minimum atomic E-state index is 0.244. The minimum absolute atomic E-state index is 0.244. The molecule has 4 heteroatoms. The Kier molecular flexibility index (Phi) is 4.47. The van der Waals surface area contributed by atoms with Gasteiger partial charge >= 0.3 is 0 Å². The number of nitrogens with zero attached hydrogens (tertiary/aromatic N) is 2. The Bertz CT molecular complexity index is 1040. The van der Waals surface area contributed by atoms with Gasteiger partial charge in [0.1, 0.15) is 0 Å². The normalized spacial score (nSPS) is 19.8. The standard InChI is InChI=1S/C24H25N3O/c28-24(18-8-1-2-9-18)27-14-6-11-19(16-27)23-22(15-25-26-23)21-13-5-10-17-7-3-4-12-20(17)21/h3-5,7-8,10,12-13,15,19H,1-2,6,9,11,14,16H2,(H,25,26)/t19-/m0/s1. The third kappa shape index (κ3) is 3.03. The number of hydrogen-bond acceptors (Lipinski definition) is 2. The van der Waals surface area contributed by atoms with E-state index in [1.165, 1.54) is 16.3 Å². The Morgan fingerprint density at radius 3 is 2.86 bits per heavy atom. The fraction of sp³-hybridized carbons (Fsp3) is 0.333. The Labute approximate surface area is 165 Å². The molecule has 1 fully saturated rings. The molecule has 0 radical (unpaired) electrons. The second-order valence-electron chi connectivity index (χ2n) is 7.94. The molecule has 1 aliphatic heterocycles. The zero-order chi connectivity index (χ0) is 18.9. The zero-order valence-electron chi connectivity index (χ0n) is 16.0. The van der Waals surface area contributed by atoms with Gasteiger partial charge in [0, 0.05) is 35.8 Å². The lowest BCUT2D eigenvalue weighted by Crippen LogP contribution is -2.39. The number of fused-ring (bicyclic) bond motifs is 1. The molecule has 2 aromatic carbocycles. The van der Waals surface area contributed by atoms with E-state index in [9.17, 15) is 4.79 Å². The summed E-state index contributed by atoms with van der Waals surface area (Å²) >= 11 is 0. The molecule has 28 heavy (non-hydrogen) atoms. The molecule has 142 valence electrons. The van der Waals surface area contributed by atoms with E-state index in [4.69, 9.17) is 0 Å². The number of piperidine rings is 1. The number of aromatic nitrogens is 2. The van der Waals surface area contributed by atoms with E-state index < -0.39 is 0 Å². The molecule has 1 N–H and O–H groups in total. The van der Waals surface area contributed by atoms with Crippen LogP contribution < -0.4 is 0 Å². The van der Waals surface area contributed by atoms with Crippen LogP contribution in [0, 0.1) is 0 Å². The minimum Gasteiger partial charge on any atom is -0.338 e. The zero-order valence-corrected chi connectivity index (χ0v) is 16.0. The van der Waals surface area contributed by atoms with Gasteiger partial charge in [-0.1, -0.05) is 48.5 Å². The molecule has 0 saturated carbocycles. The van der Waals surface area contributed by atoms with Crippen molar-refractivity contribution in [3.05, 3.63) is 66.0 Å². The summed E-state index contributed by atoms with van der Waals surface area (Å²) in [5.74, 6) is 0.546. The van der Waals surface area contributed by atoms with E-state index in [1.54, 1.807) is 0 Å². The van der Waals surface area contributed by atoms with Crippen LogP contribution in [0.4, 0.5) is 0 Å². The molecular formula is C24H25N3O. The summed E-state index contributed by atoms with van der Waals surface area (Å²) in [6.45, 7) is 1.64. The number of hydrogen-bond donors (Lipinski definition) is 1. The maximum absolute atomic E-state index is 12.9. The molecule has 1 amide bonds. The second kappa shape index (κ2) is 7.27.